The number of para-hydroxylation sites is 2. The number of aromatic nitrogens is 2. The zero-order valence-corrected chi connectivity index (χ0v) is 19.5. The van der Waals surface area contributed by atoms with Gasteiger partial charge in [-0.05, 0) is 44.4 Å². The second-order valence-corrected chi connectivity index (χ2v) is 8.44. The van der Waals surface area contributed by atoms with E-state index in [4.69, 9.17) is 4.98 Å². The minimum Gasteiger partial charge on any atom is -0.349 e. The van der Waals surface area contributed by atoms with Crippen LogP contribution in [-0.2, 0) is 29.2 Å². The van der Waals surface area contributed by atoms with E-state index in [1.165, 1.54) is 0 Å². The molecule has 6 nitrogen and oxygen atoms in total. The monoisotopic (exact) mass is 434 g/mol. The number of carbonyl (C=O) groups excluding carboxylic acids is 2. The molecule has 0 radical (unpaired) electrons. The zero-order valence-electron chi connectivity index (χ0n) is 19.5. The van der Waals surface area contributed by atoms with Gasteiger partial charge in [0.2, 0.25) is 11.8 Å². The Balaban J connectivity index is 1.83. The maximum atomic E-state index is 13.4. The molecule has 0 aliphatic carbocycles. The molecule has 1 heterocycles. The third-order valence-electron chi connectivity index (χ3n) is 5.94. The third kappa shape index (κ3) is 5.55. The second-order valence-electron chi connectivity index (χ2n) is 8.44. The van der Waals surface area contributed by atoms with Crippen molar-refractivity contribution in [2.24, 2.45) is 5.92 Å². The van der Waals surface area contributed by atoms with Gasteiger partial charge >= 0.3 is 0 Å². The molecule has 0 saturated heterocycles. The van der Waals surface area contributed by atoms with Crippen molar-refractivity contribution < 1.29 is 9.59 Å². The van der Waals surface area contributed by atoms with Gasteiger partial charge in [0, 0.05) is 18.5 Å². The first-order valence-electron chi connectivity index (χ1n) is 11.5. The first kappa shape index (κ1) is 23.5. The molecule has 3 aromatic rings. The van der Waals surface area contributed by atoms with Crippen LogP contribution in [0.25, 0.3) is 11.0 Å². The van der Waals surface area contributed by atoms with Crippen LogP contribution >= 0.6 is 0 Å². The summed E-state index contributed by atoms with van der Waals surface area (Å²) in [5.41, 5.74) is 2.82. The normalized spacial score (nSPS) is 11.3. The van der Waals surface area contributed by atoms with Crippen molar-refractivity contribution in [2.75, 3.05) is 0 Å². The van der Waals surface area contributed by atoms with Gasteiger partial charge in [-0.25, -0.2) is 4.98 Å². The number of carbonyl (C=O) groups is 2. The molecule has 0 unspecified atom stereocenters. The Morgan fingerprint density at radius 2 is 1.66 bits per heavy atom. The molecule has 0 saturated carbocycles. The quantitative estimate of drug-likeness (QED) is 0.510. The summed E-state index contributed by atoms with van der Waals surface area (Å²) in [6.45, 7) is 9.15. The van der Waals surface area contributed by atoms with Crippen molar-refractivity contribution in [3.63, 3.8) is 0 Å². The molecule has 0 atom stereocenters. The smallest absolute Gasteiger partial charge is 0.243 e. The molecule has 3 rings (SSSR count). The van der Waals surface area contributed by atoms with Crippen LogP contribution in [0, 0.1) is 5.92 Å². The lowest BCUT2D eigenvalue weighted by Crippen LogP contribution is -2.39. The standard InChI is InChI=1S/C26H34N4O2/c1-5-21(6-2)26(32)27-16-24-28-22-14-10-11-15-23(22)30(24)18-25(31)29(19(3)4)17-20-12-8-7-9-13-20/h7-15,19,21H,5-6,16-18H2,1-4H3,(H,27,32). The Morgan fingerprint density at radius 1 is 1.00 bits per heavy atom. The average Bonchev–Trinajstić information content (AvgIpc) is 3.14. The van der Waals surface area contributed by atoms with Gasteiger partial charge in [0.15, 0.2) is 0 Å². The molecule has 6 heteroatoms. The van der Waals surface area contributed by atoms with E-state index in [0.29, 0.717) is 18.9 Å². The first-order valence-corrected chi connectivity index (χ1v) is 11.5. The number of hydrogen-bond donors (Lipinski definition) is 1. The van der Waals surface area contributed by atoms with Gasteiger partial charge in [0.05, 0.1) is 17.6 Å². The fourth-order valence-corrected chi connectivity index (χ4v) is 3.97. The number of hydrogen-bond acceptors (Lipinski definition) is 3. The van der Waals surface area contributed by atoms with Crippen LogP contribution in [0.2, 0.25) is 0 Å². The van der Waals surface area contributed by atoms with Gasteiger partial charge < -0.3 is 14.8 Å². The summed E-state index contributed by atoms with van der Waals surface area (Å²) in [6.07, 6.45) is 1.61. The van der Waals surface area contributed by atoms with Gasteiger partial charge in [0.25, 0.3) is 0 Å². The highest BCUT2D eigenvalue weighted by Crippen LogP contribution is 2.18. The zero-order chi connectivity index (χ0) is 23.1. The van der Waals surface area contributed by atoms with Crippen molar-refractivity contribution in [3.05, 3.63) is 66.0 Å². The van der Waals surface area contributed by atoms with Crippen molar-refractivity contribution in [2.45, 2.75) is 66.2 Å². The molecule has 2 amide bonds. The van der Waals surface area contributed by atoms with E-state index in [1.807, 2.05) is 91.8 Å². The summed E-state index contributed by atoms with van der Waals surface area (Å²) in [6, 6.07) is 17.9. The Morgan fingerprint density at radius 3 is 2.31 bits per heavy atom. The Kier molecular flexibility index (Phi) is 8.03. The van der Waals surface area contributed by atoms with Crippen LogP contribution in [0.4, 0.5) is 0 Å². The summed E-state index contributed by atoms with van der Waals surface area (Å²) in [4.78, 5) is 32.5. The average molecular weight is 435 g/mol. The van der Waals surface area contributed by atoms with E-state index in [0.717, 1.165) is 29.4 Å². The fourth-order valence-electron chi connectivity index (χ4n) is 3.97. The molecule has 32 heavy (non-hydrogen) atoms. The largest absolute Gasteiger partial charge is 0.349 e. The Hall–Kier alpha value is -3.15. The number of rotatable bonds is 10. The van der Waals surface area contributed by atoms with Crippen LogP contribution in [0.1, 0.15) is 51.9 Å². The van der Waals surface area contributed by atoms with Gasteiger partial charge in [-0.2, -0.15) is 0 Å². The summed E-state index contributed by atoms with van der Waals surface area (Å²) >= 11 is 0. The van der Waals surface area contributed by atoms with Crippen molar-refractivity contribution in [1.29, 1.82) is 0 Å². The number of amides is 2. The molecule has 2 aromatic carbocycles. The lowest BCUT2D eigenvalue weighted by atomic mass is 10.0. The maximum Gasteiger partial charge on any atom is 0.243 e. The lowest BCUT2D eigenvalue weighted by Gasteiger charge is -2.27. The van der Waals surface area contributed by atoms with Gasteiger partial charge in [-0.15, -0.1) is 0 Å². The topological polar surface area (TPSA) is 67.2 Å². The minimum absolute atomic E-state index is 0.00300. The fraction of sp³-hybridized carbons (Fsp3) is 0.423. The SMILES string of the molecule is CCC(CC)C(=O)NCc1nc2ccccc2n1CC(=O)N(Cc1ccccc1)C(C)C. The molecule has 0 bridgehead atoms. The van der Waals surface area contributed by atoms with E-state index in [-0.39, 0.29) is 30.3 Å². The molecule has 1 aromatic heterocycles. The summed E-state index contributed by atoms with van der Waals surface area (Å²) in [7, 11) is 0. The molecule has 1 N–H and O–H groups in total. The van der Waals surface area contributed by atoms with Crippen LogP contribution in [-0.4, -0.2) is 32.3 Å². The predicted octanol–water partition coefficient (Wildman–Crippen LogP) is 4.53. The lowest BCUT2D eigenvalue weighted by molar-refractivity contribution is -0.134. The van der Waals surface area contributed by atoms with Gasteiger partial charge in [-0.3, -0.25) is 9.59 Å². The van der Waals surface area contributed by atoms with Crippen LogP contribution in [0.3, 0.4) is 0 Å². The second kappa shape index (κ2) is 10.9. The Bertz CT molecular complexity index is 1040. The molecule has 170 valence electrons. The molecular formula is C26H34N4O2. The number of fused-ring (bicyclic) bond motifs is 1. The number of nitrogens with one attached hydrogen (secondary N) is 1. The number of imidazole rings is 1. The van der Waals surface area contributed by atoms with Crippen molar-refractivity contribution in [1.82, 2.24) is 19.8 Å². The van der Waals surface area contributed by atoms with Crippen molar-refractivity contribution >= 4 is 22.8 Å². The van der Waals surface area contributed by atoms with E-state index >= 15 is 0 Å². The first-order chi connectivity index (χ1) is 15.4. The van der Waals surface area contributed by atoms with Crippen LogP contribution in [0.15, 0.2) is 54.6 Å². The third-order valence-corrected chi connectivity index (χ3v) is 5.94. The van der Waals surface area contributed by atoms with Crippen LogP contribution < -0.4 is 5.32 Å². The minimum atomic E-state index is -0.00300. The molecule has 0 fully saturated rings. The predicted molar refractivity (Wildman–Crippen MR) is 128 cm³/mol. The van der Waals surface area contributed by atoms with E-state index in [1.54, 1.807) is 0 Å². The molecule has 0 aliphatic heterocycles. The maximum absolute atomic E-state index is 13.4. The van der Waals surface area contributed by atoms with E-state index < -0.39 is 0 Å². The number of benzene rings is 2. The molecule has 0 aliphatic rings. The highest BCUT2D eigenvalue weighted by Gasteiger charge is 2.21. The van der Waals surface area contributed by atoms with Crippen LogP contribution in [0.5, 0.6) is 0 Å². The summed E-state index contributed by atoms with van der Waals surface area (Å²) < 4.78 is 1.94. The Labute approximate surface area is 190 Å². The highest BCUT2D eigenvalue weighted by molar-refractivity contribution is 5.82. The van der Waals surface area contributed by atoms with E-state index in [2.05, 4.69) is 5.32 Å². The molecule has 0 spiro atoms. The van der Waals surface area contributed by atoms with Crippen molar-refractivity contribution in [3.8, 4) is 0 Å². The molecular weight excluding hydrogens is 400 g/mol. The van der Waals surface area contributed by atoms with E-state index in [9.17, 15) is 9.59 Å². The van der Waals surface area contributed by atoms with Gasteiger partial charge in [-0.1, -0.05) is 56.3 Å². The summed E-state index contributed by atoms with van der Waals surface area (Å²) in [5.74, 6) is 0.756. The summed E-state index contributed by atoms with van der Waals surface area (Å²) in [5, 5.41) is 3.02. The number of nitrogens with zero attached hydrogens (tertiary/aromatic N) is 3. The highest BCUT2D eigenvalue weighted by atomic mass is 16.2. The van der Waals surface area contributed by atoms with Gasteiger partial charge in [0.1, 0.15) is 12.4 Å².